The lowest BCUT2D eigenvalue weighted by Gasteiger charge is -2.16. The minimum atomic E-state index is -0.416. The first kappa shape index (κ1) is 18.1. The molecule has 3 heterocycles. The lowest BCUT2D eigenvalue weighted by molar-refractivity contribution is -0.122. The Bertz CT molecular complexity index is 988. The first-order chi connectivity index (χ1) is 13.6. The van der Waals surface area contributed by atoms with E-state index in [9.17, 15) is 9.59 Å². The van der Waals surface area contributed by atoms with E-state index in [1.165, 1.54) is 11.3 Å². The molecule has 3 aromatic rings. The van der Waals surface area contributed by atoms with E-state index >= 15 is 0 Å². The zero-order chi connectivity index (χ0) is 19.5. The maximum absolute atomic E-state index is 12.6. The van der Waals surface area contributed by atoms with Crippen LogP contribution in [0.2, 0.25) is 0 Å². The molecule has 1 aromatic carbocycles. The molecular formula is C20H18N4O3S. The van der Waals surface area contributed by atoms with Crippen LogP contribution in [-0.4, -0.2) is 35.4 Å². The average Bonchev–Trinajstić information content (AvgIpc) is 3.35. The van der Waals surface area contributed by atoms with Gasteiger partial charge in [0.15, 0.2) is 5.13 Å². The van der Waals surface area contributed by atoms with E-state index in [4.69, 9.17) is 4.74 Å². The predicted octanol–water partition coefficient (Wildman–Crippen LogP) is 3.21. The van der Waals surface area contributed by atoms with Crippen LogP contribution in [0.3, 0.4) is 0 Å². The van der Waals surface area contributed by atoms with Crippen molar-refractivity contribution in [2.75, 3.05) is 23.9 Å². The van der Waals surface area contributed by atoms with Crippen molar-refractivity contribution < 1.29 is 14.3 Å². The van der Waals surface area contributed by atoms with Crippen molar-refractivity contribution in [1.29, 1.82) is 0 Å². The molecule has 4 rings (SSSR count). The van der Waals surface area contributed by atoms with Crippen LogP contribution in [0.25, 0.3) is 11.3 Å². The quantitative estimate of drug-likeness (QED) is 0.718. The molecule has 8 heteroatoms. The topological polar surface area (TPSA) is 84.4 Å². The number of benzene rings is 1. The van der Waals surface area contributed by atoms with Crippen molar-refractivity contribution >= 4 is 34.0 Å². The highest BCUT2D eigenvalue weighted by atomic mass is 32.1. The number of carbonyl (C=O) groups excluding carboxylic acids is 2. The van der Waals surface area contributed by atoms with Gasteiger partial charge in [-0.1, -0.05) is 0 Å². The number of rotatable bonds is 5. The van der Waals surface area contributed by atoms with Crippen LogP contribution in [-0.2, 0) is 9.59 Å². The molecule has 7 nitrogen and oxygen atoms in total. The minimum absolute atomic E-state index is 0.0690. The molecule has 1 fully saturated rings. The maximum Gasteiger partial charge on any atom is 0.231 e. The summed E-state index contributed by atoms with van der Waals surface area (Å²) in [4.78, 5) is 35.2. The van der Waals surface area contributed by atoms with Crippen LogP contribution in [0.1, 0.15) is 6.42 Å². The Kier molecular flexibility index (Phi) is 5.03. The number of methoxy groups -OCH3 is 1. The summed E-state index contributed by atoms with van der Waals surface area (Å²) in [5, 5.41) is 5.22. The van der Waals surface area contributed by atoms with Crippen molar-refractivity contribution in [3.8, 4) is 17.0 Å². The molecular weight excluding hydrogens is 376 g/mol. The number of thiazole rings is 1. The molecule has 1 unspecified atom stereocenters. The molecule has 2 aromatic heterocycles. The van der Waals surface area contributed by atoms with E-state index in [0.717, 1.165) is 22.7 Å². The summed E-state index contributed by atoms with van der Waals surface area (Å²) in [7, 11) is 1.59. The number of carbonyl (C=O) groups is 2. The van der Waals surface area contributed by atoms with Gasteiger partial charge in [-0.05, 0) is 36.4 Å². The summed E-state index contributed by atoms with van der Waals surface area (Å²) in [6.45, 7) is 0.345. The molecule has 1 N–H and O–H groups in total. The number of nitrogens with zero attached hydrogens (tertiary/aromatic N) is 3. The number of nitrogens with one attached hydrogen (secondary N) is 1. The van der Waals surface area contributed by atoms with Crippen molar-refractivity contribution in [3.05, 3.63) is 54.2 Å². The SMILES string of the molecule is COc1ccc(N2CC(C(=O)Nc3nc(-c4cccnc4)cs3)CC2=O)cc1. The van der Waals surface area contributed by atoms with Gasteiger partial charge in [0.05, 0.1) is 18.7 Å². The summed E-state index contributed by atoms with van der Waals surface area (Å²) < 4.78 is 5.14. The standard InChI is InChI=1S/C20H18N4O3S/c1-27-16-6-4-15(5-7-16)24-11-14(9-18(24)25)19(26)23-20-22-17(12-28-20)13-3-2-8-21-10-13/h2-8,10,12,14H,9,11H2,1H3,(H,22,23,26). The summed E-state index contributed by atoms with van der Waals surface area (Å²) in [6.07, 6.45) is 3.60. The number of ether oxygens (including phenoxy) is 1. The molecule has 0 saturated carbocycles. The Balaban J connectivity index is 1.41. The van der Waals surface area contributed by atoms with Crippen LogP contribution in [0.15, 0.2) is 54.2 Å². The molecule has 0 spiro atoms. The van der Waals surface area contributed by atoms with Crippen LogP contribution in [0.4, 0.5) is 10.8 Å². The van der Waals surface area contributed by atoms with Gasteiger partial charge in [0, 0.05) is 42.0 Å². The monoisotopic (exact) mass is 394 g/mol. The molecule has 1 atom stereocenters. The van der Waals surface area contributed by atoms with Crippen molar-refractivity contribution in [1.82, 2.24) is 9.97 Å². The molecule has 1 aliphatic rings. The Morgan fingerprint density at radius 3 is 2.82 bits per heavy atom. The molecule has 0 radical (unpaired) electrons. The van der Waals surface area contributed by atoms with E-state index in [0.29, 0.717) is 11.7 Å². The van der Waals surface area contributed by atoms with Crippen LogP contribution in [0.5, 0.6) is 5.75 Å². The largest absolute Gasteiger partial charge is 0.497 e. The molecule has 2 amide bonds. The third-order valence-corrected chi connectivity index (χ3v) is 5.33. The van der Waals surface area contributed by atoms with Gasteiger partial charge in [0.2, 0.25) is 11.8 Å². The van der Waals surface area contributed by atoms with Gasteiger partial charge in [-0.3, -0.25) is 14.6 Å². The zero-order valence-electron chi connectivity index (χ0n) is 15.2. The first-order valence-corrected chi connectivity index (χ1v) is 9.63. The van der Waals surface area contributed by atoms with Gasteiger partial charge in [0.1, 0.15) is 5.75 Å². The fourth-order valence-corrected chi connectivity index (χ4v) is 3.80. The fraction of sp³-hybridized carbons (Fsp3) is 0.200. The number of amides is 2. The summed E-state index contributed by atoms with van der Waals surface area (Å²) in [6, 6.07) is 11.0. The Morgan fingerprint density at radius 1 is 1.29 bits per heavy atom. The Hall–Kier alpha value is -3.26. The first-order valence-electron chi connectivity index (χ1n) is 8.75. The minimum Gasteiger partial charge on any atom is -0.497 e. The van der Waals surface area contributed by atoms with E-state index in [2.05, 4.69) is 15.3 Å². The second kappa shape index (κ2) is 7.77. The third-order valence-electron chi connectivity index (χ3n) is 4.57. The van der Waals surface area contributed by atoms with Gasteiger partial charge >= 0.3 is 0 Å². The summed E-state index contributed by atoms with van der Waals surface area (Å²) in [5.74, 6) is 0.0372. The molecule has 1 aliphatic heterocycles. The Labute approximate surface area is 166 Å². The maximum atomic E-state index is 12.6. The lowest BCUT2D eigenvalue weighted by Crippen LogP contribution is -2.28. The number of hydrogen-bond donors (Lipinski definition) is 1. The Morgan fingerprint density at radius 2 is 2.11 bits per heavy atom. The summed E-state index contributed by atoms with van der Waals surface area (Å²) >= 11 is 1.35. The van der Waals surface area contributed by atoms with E-state index in [1.807, 2.05) is 29.6 Å². The van der Waals surface area contributed by atoms with Crippen LogP contribution < -0.4 is 15.0 Å². The molecule has 0 bridgehead atoms. The van der Waals surface area contributed by atoms with Gasteiger partial charge in [-0.25, -0.2) is 4.98 Å². The van der Waals surface area contributed by atoms with Gasteiger partial charge in [0.25, 0.3) is 0 Å². The lowest BCUT2D eigenvalue weighted by atomic mass is 10.1. The number of pyridine rings is 1. The molecule has 28 heavy (non-hydrogen) atoms. The number of aromatic nitrogens is 2. The third kappa shape index (κ3) is 3.72. The number of anilines is 2. The number of hydrogen-bond acceptors (Lipinski definition) is 6. The van der Waals surface area contributed by atoms with Gasteiger partial charge < -0.3 is 15.0 Å². The van der Waals surface area contributed by atoms with E-state index in [-0.39, 0.29) is 18.2 Å². The molecule has 142 valence electrons. The normalized spacial score (nSPS) is 16.2. The molecule has 0 aliphatic carbocycles. The smallest absolute Gasteiger partial charge is 0.231 e. The highest BCUT2D eigenvalue weighted by Crippen LogP contribution is 2.29. The van der Waals surface area contributed by atoms with E-state index < -0.39 is 5.92 Å². The van der Waals surface area contributed by atoms with Crippen molar-refractivity contribution in [3.63, 3.8) is 0 Å². The highest BCUT2D eigenvalue weighted by Gasteiger charge is 2.35. The second-order valence-corrected chi connectivity index (χ2v) is 7.23. The predicted molar refractivity (Wildman–Crippen MR) is 107 cm³/mol. The fourth-order valence-electron chi connectivity index (χ4n) is 3.08. The van der Waals surface area contributed by atoms with E-state index in [1.54, 1.807) is 36.5 Å². The van der Waals surface area contributed by atoms with Crippen molar-refractivity contribution in [2.24, 2.45) is 5.92 Å². The summed E-state index contributed by atoms with van der Waals surface area (Å²) in [5.41, 5.74) is 2.41. The van der Waals surface area contributed by atoms with Gasteiger partial charge in [-0.2, -0.15) is 0 Å². The van der Waals surface area contributed by atoms with Crippen LogP contribution >= 0.6 is 11.3 Å². The highest BCUT2D eigenvalue weighted by molar-refractivity contribution is 7.14. The van der Waals surface area contributed by atoms with Crippen molar-refractivity contribution in [2.45, 2.75) is 6.42 Å². The molecule has 1 saturated heterocycles. The van der Waals surface area contributed by atoms with Crippen LogP contribution in [0, 0.1) is 5.92 Å². The van der Waals surface area contributed by atoms with Gasteiger partial charge in [-0.15, -0.1) is 11.3 Å². The second-order valence-electron chi connectivity index (χ2n) is 6.37. The zero-order valence-corrected chi connectivity index (χ0v) is 16.0. The average molecular weight is 394 g/mol.